The number of aldehydes is 1. The van der Waals surface area contributed by atoms with Crippen molar-refractivity contribution in [3.63, 3.8) is 0 Å². The Labute approximate surface area is 194 Å². The van der Waals surface area contributed by atoms with Crippen LogP contribution in [0.2, 0.25) is 15.1 Å². The second-order valence-corrected chi connectivity index (χ2v) is 5.62. The molecular weight excluding hydrogens is 481 g/mol. The van der Waals surface area contributed by atoms with Crippen molar-refractivity contribution in [2.45, 2.75) is 20.8 Å². The predicted molar refractivity (Wildman–Crippen MR) is 115 cm³/mol. The summed E-state index contributed by atoms with van der Waals surface area (Å²) >= 11 is 16.9. The van der Waals surface area contributed by atoms with E-state index in [4.69, 9.17) is 34.8 Å². The normalized spacial score (nSPS) is 8.45. The first-order valence-electron chi connectivity index (χ1n) is 8.28. The van der Waals surface area contributed by atoms with E-state index in [1.54, 1.807) is 20.8 Å². The van der Waals surface area contributed by atoms with Gasteiger partial charge in [-0.25, -0.2) is 14.4 Å². The molecule has 3 amide bonds. The lowest BCUT2D eigenvalue weighted by molar-refractivity contribution is -0.104. The molecule has 0 bridgehead atoms. The Morgan fingerprint density at radius 3 is 1.35 bits per heavy atom. The summed E-state index contributed by atoms with van der Waals surface area (Å²) in [7, 11) is 0. The molecule has 0 aromatic heterocycles. The van der Waals surface area contributed by atoms with E-state index >= 15 is 0 Å². The number of Topliss-reactive ketones (excluding diaryl/α,β-unsaturated/α-hetero) is 1. The van der Waals surface area contributed by atoms with Gasteiger partial charge in [0.1, 0.15) is 0 Å². The van der Waals surface area contributed by atoms with Gasteiger partial charge in [-0.15, -0.1) is 0 Å². The quantitative estimate of drug-likeness (QED) is 0.179. The molecule has 0 atom stereocenters. The molecule has 6 N–H and O–H groups in total. The van der Waals surface area contributed by atoms with E-state index < -0.39 is 24.1 Å². The Morgan fingerprint density at radius 2 is 1.13 bits per heavy atom. The Hall–Kier alpha value is -2.76. The molecule has 0 fully saturated rings. The molecule has 0 heterocycles. The highest BCUT2D eigenvalue weighted by atomic mass is 35.5. The van der Waals surface area contributed by atoms with Crippen molar-refractivity contribution >= 4 is 65.2 Å². The lowest BCUT2D eigenvalue weighted by atomic mass is 10.1. The van der Waals surface area contributed by atoms with Crippen molar-refractivity contribution < 1.29 is 38.2 Å². The van der Waals surface area contributed by atoms with Crippen LogP contribution in [0.25, 0.3) is 0 Å². The van der Waals surface area contributed by atoms with Crippen molar-refractivity contribution in [2.75, 3.05) is 19.8 Å². The van der Waals surface area contributed by atoms with Crippen LogP contribution in [-0.4, -0.2) is 50.2 Å². The zero-order valence-electron chi connectivity index (χ0n) is 17.0. The van der Waals surface area contributed by atoms with Crippen LogP contribution < -0.4 is 17.2 Å². The fourth-order valence-electron chi connectivity index (χ4n) is 1.21. The lowest BCUT2D eigenvalue weighted by Gasteiger charge is -2.02. The number of benzene rings is 1. The Balaban J connectivity index is -0.000000370. The second-order valence-electron chi connectivity index (χ2n) is 4.46. The number of ketones is 1. The minimum absolute atomic E-state index is 0.00580. The number of halogens is 3. The number of nitrogens with two attached hydrogens (primary N) is 3. The van der Waals surface area contributed by atoms with Gasteiger partial charge in [-0.3, -0.25) is 9.59 Å². The Kier molecular flexibility index (Phi) is 21.8. The van der Waals surface area contributed by atoms with Crippen molar-refractivity contribution in [1.29, 1.82) is 0 Å². The van der Waals surface area contributed by atoms with Gasteiger partial charge in [0.15, 0.2) is 6.29 Å². The SMILES string of the molecule is CCOC(N)=O.CCOC(N)=O.CCOC(N)=O.O=CC(=O)c1ccc(Cl)c(Cl)c1Cl. The summed E-state index contributed by atoms with van der Waals surface area (Å²) in [6.07, 6.45) is -1.96. The minimum Gasteiger partial charge on any atom is -0.450 e. The van der Waals surface area contributed by atoms with E-state index in [9.17, 15) is 24.0 Å². The van der Waals surface area contributed by atoms with Crippen LogP contribution in [0.4, 0.5) is 14.4 Å². The number of carbonyl (C=O) groups excluding carboxylic acids is 5. The summed E-state index contributed by atoms with van der Waals surface area (Å²) in [5.74, 6) is -0.719. The average molecular weight is 505 g/mol. The van der Waals surface area contributed by atoms with Gasteiger partial charge in [0.25, 0.3) is 0 Å². The average Bonchev–Trinajstić information content (AvgIpc) is 2.67. The first kappa shape index (κ1) is 32.9. The minimum atomic E-state index is -0.719. The highest BCUT2D eigenvalue weighted by molar-refractivity contribution is 6.50. The molecule has 0 radical (unpaired) electrons. The van der Waals surface area contributed by atoms with Crippen LogP contribution in [0.3, 0.4) is 0 Å². The number of primary amides is 3. The topological polar surface area (TPSA) is 191 Å². The number of amides is 3. The molecular formula is C17H24Cl3N3O8. The monoisotopic (exact) mass is 503 g/mol. The molecule has 176 valence electrons. The fourth-order valence-corrected chi connectivity index (χ4v) is 1.84. The molecule has 31 heavy (non-hydrogen) atoms. The molecule has 1 aromatic carbocycles. The maximum atomic E-state index is 10.9. The molecule has 0 aliphatic rings. The Morgan fingerprint density at radius 1 is 0.774 bits per heavy atom. The Bertz CT molecular complexity index is 695. The molecule has 0 saturated heterocycles. The van der Waals surface area contributed by atoms with Gasteiger partial charge in [-0.05, 0) is 32.9 Å². The van der Waals surface area contributed by atoms with Crippen LogP contribution in [0.1, 0.15) is 31.1 Å². The second kappa shape index (κ2) is 20.5. The smallest absolute Gasteiger partial charge is 0.404 e. The number of ether oxygens (including phenoxy) is 3. The highest BCUT2D eigenvalue weighted by Crippen LogP contribution is 2.32. The lowest BCUT2D eigenvalue weighted by Crippen LogP contribution is -2.11. The first-order chi connectivity index (χ1) is 14.4. The van der Waals surface area contributed by atoms with Crippen LogP contribution >= 0.6 is 34.8 Å². The first-order valence-corrected chi connectivity index (χ1v) is 9.42. The summed E-state index contributed by atoms with van der Waals surface area (Å²) in [6, 6.07) is 2.76. The third kappa shape index (κ3) is 20.3. The van der Waals surface area contributed by atoms with E-state index in [1.165, 1.54) is 12.1 Å². The summed E-state index contributed by atoms with van der Waals surface area (Å²) in [5, 5.41) is 0.330. The van der Waals surface area contributed by atoms with E-state index in [1.807, 2.05) is 0 Å². The van der Waals surface area contributed by atoms with E-state index in [-0.39, 0.29) is 26.9 Å². The van der Waals surface area contributed by atoms with Gasteiger partial charge < -0.3 is 31.4 Å². The van der Waals surface area contributed by atoms with Gasteiger partial charge in [0, 0.05) is 5.56 Å². The van der Waals surface area contributed by atoms with Crippen molar-refractivity contribution in [2.24, 2.45) is 17.2 Å². The highest BCUT2D eigenvalue weighted by Gasteiger charge is 2.13. The molecule has 0 aliphatic carbocycles. The fraction of sp³-hybridized carbons (Fsp3) is 0.353. The molecule has 1 aromatic rings. The zero-order valence-corrected chi connectivity index (χ0v) is 19.3. The molecule has 11 nitrogen and oxygen atoms in total. The summed E-state index contributed by atoms with van der Waals surface area (Å²) in [5.41, 5.74) is 13.7. The summed E-state index contributed by atoms with van der Waals surface area (Å²) < 4.78 is 12.5. The molecule has 1 rings (SSSR count). The number of hydrogen-bond donors (Lipinski definition) is 3. The number of carbonyl (C=O) groups is 5. The van der Waals surface area contributed by atoms with E-state index in [0.29, 0.717) is 19.8 Å². The van der Waals surface area contributed by atoms with Gasteiger partial charge >= 0.3 is 18.3 Å². The molecule has 0 saturated carbocycles. The molecule has 0 spiro atoms. The van der Waals surface area contributed by atoms with Crippen molar-refractivity contribution in [3.8, 4) is 0 Å². The van der Waals surface area contributed by atoms with Crippen molar-refractivity contribution in [3.05, 3.63) is 32.8 Å². The zero-order chi connectivity index (χ0) is 25.0. The van der Waals surface area contributed by atoms with Gasteiger partial charge in [0.05, 0.1) is 34.9 Å². The standard InChI is InChI=1S/C8H3Cl3O2.3C3H7NO2/c9-5-2-1-4(6(13)3-12)7(10)8(5)11;3*1-2-6-3(4)5/h1-3H;3*2H2,1H3,(H2,4,5). The maximum Gasteiger partial charge on any atom is 0.404 e. The van der Waals surface area contributed by atoms with E-state index in [0.717, 1.165) is 0 Å². The number of rotatable bonds is 5. The van der Waals surface area contributed by atoms with Crippen molar-refractivity contribution in [1.82, 2.24) is 0 Å². The van der Waals surface area contributed by atoms with Crippen LogP contribution in [0, 0.1) is 0 Å². The van der Waals surface area contributed by atoms with Crippen LogP contribution in [0.15, 0.2) is 12.1 Å². The van der Waals surface area contributed by atoms with Gasteiger partial charge in [0.2, 0.25) is 5.78 Å². The number of hydrogen-bond acceptors (Lipinski definition) is 8. The summed E-state index contributed by atoms with van der Waals surface area (Å²) in [4.78, 5) is 49.9. The van der Waals surface area contributed by atoms with Crippen LogP contribution in [-0.2, 0) is 19.0 Å². The third-order valence-corrected chi connectivity index (χ3v) is 3.56. The predicted octanol–water partition coefficient (Wildman–Crippen LogP) is 3.33. The molecule has 14 heteroatoms. The third-order valence-electron chi connectivity index (χ3n) is 2.27. The largest absolute Gasteiger partial charge is 0.450 e. The van der Waals surface area contributed by atoms with Gasteiger partial charge in [-0.1, -0.05) is 34.8 Å². The maximum absolute atomic E-state index is 10.9. The van der Waals surface area contributed by atoms with E-state index in [2.05, 4.69) is 31.4 Å². The molecule has 0 aliphatic heterocycles. The van der Waals surface area contributed by atoms with Crippen LogP contribution in [0.5, 0.6) is 0 Å². The summed E-state index contributed by atoms with van der Waals surface area (Å²) in [6.45, 7) is 6.17. The molecule has 0 unspecified atom stereocenters. The van der Waals surface area contributed by atoms with Gasteiger partial charge in [-0.2, -0.15) is 0 Å².